The van der Waals surface area contributed by atoms with Gasteiger partial charge in [0.1, 0.15) is 0 Å². The maximum atomic E-state index is 5.30. The van der Waals surface area contributed by atoms with Crippen molar-refractivity contribution in [1.82, 2.24) is 14.7 Å². The van der Waals surface area contributed by atoms with E-state index < -0.39 is 0 Å². The Morgan fingerprint density at radius 2 is 1.92 bits per heavy atom. The minimum Gasteiger partial charge on any atom is -0.385 e. The molecule has 1 aromatic carbocycles. The first-order valence-corrected chi connectivity index (χ1v) is 9.90. The number of methoxy groups -OCH3 is 1. The highest BCUT2D eigenvalue weighted by Crippen LogP contribution is 2.40. The second-order valence-electron chi connectivity index (χ2n) is 8.19. The summed E-state index contributed by atoms with van der Waals surface area (Å²) in [5, 5.41) is 5.86. The average Bonchev–Trinajstić information content (AvgIpc) is 3.11. The first kappa shape index (κ1) is 17.0. The van der Waals surface area contributed by atoms with Crippen LogP contribution >= 0.6 is 0 Å². The lowest BCUT2D eigenvalue weighted by Gasteiger charge is -2.40. The number of piperidine rings is 1. The highest BCUT2D eigenvalue weighted by molar-refractivity contribution is 5.78. The number of para-hydroxylation sites is 1. The van der Waals surface area contributed by atoms with Gasteiger partial charge in [0.05, 0.1) is 11.7 Å². The van der Waals surface area contributed by atoms with E-state index in [1.54, 1.807) is 0 Å². The van der Waals surface area contributed by atoms with Gasteiger partial charge in [-0.05, 0) is 50.0 Å². The number of nitrogens with zero attached hydrogens (tertiary/aromatic N) is 3. The van der Waals surface area contributed by atoms with Crippen molar-refractivity contribution in [2.24, 2.45) is 11.8 Å². The summed E-state index contributed by atoms with van der Waals surface area (Å²) in [7, 11) is 1.82. The summed E-state index contributed by atoms with van der Waals surface area (Å²) >= 11 is 0. The number of hydrogen-bond donors (Lipinski definition) is 0. The Kier molecular flexibility index (Phi) is 5.09. The lowest BCUT2D eigenvalue weighted by molar-refractivity contribution is 0.0700. The van der Waals surface area contributed by atoms with E-state index in [-0.39, 0.29) is 0 Å². The Morgan fingerprint density at radius 3 is 2.68 bits per heavy atom. The summed E-state index contributed by atoms with van der Waals surface area (Å²) in [6.07, 6.45) is 8.77. The summed E-state index contributed by atoms with van der Waals surface area (Å²) in [6, 6.07) is 10.1. The number of hydrogen-bond acceptors (Lipinski definition) is 3. The summed E-state index contributed by atoms with van der Waals surface area (Å²) in [6.45, 7) is 5.52. The molecular formula is C21H31N3O. The van der Waals surface area contributed by atoms with Crippen molar-refractivity contribution in [3.8, 4) is 0 Å². The van der Waals surface area contributed by atoms with Gasteiger partial charge in [0, 0.05) is 44.3 Å². The van der Waals surface area contributed by atoms with Crippen LogP contribution in [-0.2, 0) is 11.3 Å². The van der Waals surface area contributed by atoms with Gasteiger partial charge in [-0.3, -0.25) is 9.58 Å². The maximum Gasteiger partial charge on any atom is 0.0682 e. The van der Waals surface area contributed by atoms with Gasteiger partial charge >= 0.3 is 0 Å². The maximum absolute atomic E-state index is 5.30. The van der Waals surface area contributed by atoms with Gasteiger partial charge in [0.2, 0.25) is 0 Å². The lowest BCUT2D eigenvalue weighted by Crippen LogP contribution is -2.45. The molecule has 4 rings (SSSR count). The monoisotopic (exact) mass is 341 g/mol. The molecule has 0 aliphatic carbocycles. The largest absolute Gasteiger partial charge is 0.385 e. The average molecular weight is 341 g/mol. The van der Waals surface area contributed by atoms with Crippen molar-refractivity contribution < 1.29 is 4.74 Å². The van der Waals surface area contributed by atoms with Crippen LogP contribution in [0.4, 0.5) is 0 Å². The molecule has 4 nitrogen and oxygen atoms in total. The van der Waals surface area contributed by atoms with E-state index in [0.29, 0.717) is 5.92 Å². The Bertz CT molecular complexity index is 683. The third kappa shape index (κ3) is 3.61. The Labute approximate surface area is 151 Å². The summed E-state index contributed by atoms with van der Waals surface area (Å²) in [4.78, 5) is 2.82. The molecule has 4 heteroatoms. The zero-order chi connectivity index (χ0) is 17.2. The molecule has 2 bridgehead atoms. The van der Waals surface area contributed by atoms with Crippen molar-refractivity contribution in [2.75, 3.05) is 20.3 Å². The number of rotatable bonds is 7. The topological polar surface area (TPSA) is 30.3 Å². The van der Waals surface area contributed by atoms with Crippen molar-refractivity contribution in [2.45, 2.75) is 57.7 Å². The first-order chi connectivity index (χ1) is 12.2. The molecule has 1 aromatic heterocycles. The van der Waals surface area contributed by atoms with E-state index in [2.05, 4.69) is 45.9 Å². The van der Waals surface area contributed by atoms with Crippen molar-refractivity contribution in [3.63, 3.8) is 0 Å². The third-order valence-corrected chi connectivity index (χ3v) is 6.27. The minimum absolute atomic E-state index is 0.627. The Morgan fingerprint density at radius 1 is 1.16 bits per heavy atom. The van der Waals surface area contributed by atoms with Gasteiger partial charge in [0.15, 0.2) is 0 Å². The van der Waals surface area contributed by atoms with E-state index in [1.165, 1.54) is 49.6 Å². The smallest absolute Gasteiger partial charge is 0.0682 e. The van der Waals surface area contributed by atoms with E-state index >= 15 is 0 Å². The van der Waals surface area contributed by atoms with Crippen LogP contribution in [0.1, 0.15) is 39.0 Å². The summed E-state index contributed by atoms with van der Waals surface area (Å²) in [5.74, 6) is 1.50. The number of fused-ring (bicyclic) bond motifs is 3. The molecule has 0 spiro atoms. The van der Waals surface area contributed by atoms with Crippen LogP contribution in [-0.4, -0.2) is 47.0 Å². The predicted molar refractivity (Wildman–Crippen MR) is 102 cm³/mol. The Balaban J connectivity index is 1.36. The number of benzene rings is 1. The van der Waals surface area contributed by atoms with E-state index in [1.807, 2.05) is 13.3 Å². The van der Waals surface area contributed by atoms with Crippen LogP contribution in [0.25, 0.3) is 10.9 Å². The molecule has 136 valence electrons. The molecule has 25 heavy (non-hydrogen) atoms. The van der Waals surface area contributed by atoms with Gasteiger partial charge < -0.3 is 4.74 Å². The fourth-order valence-electron chi connectivity index (χ4n) is 5.09. The minimum atomic E-state index is 0.627. The SMILES string of the molecule is COCCC1C[C@H]2CC[C@@H](C1)N2C[C@@H](C)Cn1ncc2ccccc21. The van der Waals surface area contributed by atoms with Crippen LogP contribution in [0, 0.1) is 11.8 Å². The van der Waals surface area contributed by atoms with E-state index in [4.69, 9.17) is 4.74 Å². The molecule has 2 fully saturated rings. The molecule has 0 N–H and O–H groups in total. The zero-order valence-corrected chi connectivity index (χ0v) is 15.6. The molecule has 0 saturated carbocycles. The predicted octanol–water partition coefficient (Wildman–Crippen LogP) is 3.95. The molecule has 1 unspecified atom stereocenters. The highest BCUT2D eigenvalue weighted by Gasteiger charge is 2.40. The second kappa shape index (κ2) is 7.46. The molecule has 4 atom stereocenters. The quantitative estimate of drug-likeness (QED) is 0.764. The standard InChI is InChI=1S/C21H31N3O/c1-16(15-24-21-6-4-3-5-18(21)13-22-24)14-23-19-7-8-20(23)12-17(11-19)9-10-25-2/h3-6,13,16-17,19-20H,7-12,14-15H2,1-2H3/t16-,17?,19-,20+/m1/s1. The Hall–Kier alpha value is -1.39. The van der Waals surface area contributed by atoms with Crippen LogP contribution in [0.15, 0.2) is 30.5 Å². The van der Waals surface area contributed by atoms with Gasteiger partial charge in [-0.25, -0.2) is 0 Å². The molecule has 3 heterocycles. The third-order valence-electron chi connectivity index (χ3n) is 6.27. The van der Waals surface area contributed by atoms with Crippen LogP contribution < -0.4 is 0 Å². The van der Waals surface area contributed by atoms with Crippen molar-refractivity contribution in [3.05, 3.63) is 30.5 Å². The van der Waals surface area contributed by atoms with Crippen LogP contribution in [0.5, 0.6) is 0 Å². The van der Waals surface area contributed by atoms with Crippen LogP contribution in [0.3, 0.4) is 0 Å². The molecule has 0 amide bonds. The van der Waals surface area contributed by atoms with Crippen molar-refractivity contribution in [1.29, 1.82) is 0 Å². The van der Waals surface area contributed by atoms with E-state index in [0.717, 1.165) is 31.2 Å². The number of aromatic nitrogens is 2. The molecule has 2 aromatic rings. The first-order valence-electron chi connectivity index (χ1n) is 9.90. The van der Waals surface area contributed by atoms with Gasteiger partial charge in [-0.1, -0.05) is 25.1 Å². The normalized spacial score (nSPS) is 27.8. The van der Waals surface area contributed by atoms with Crippen molar-refractivity contribution >= 4 is 10.9 Å². The fraction of sp³-hybridized carbons (Fsp3) is 0.667. The van der Waals surface area contributed by atoms with Crippen LogP contribution in [0.2, 0.25) is 0 Å². The molecule has 2 saturated heterocycles. The summed E-state index contributed by atoms with van der Waals surface area (Å²) < 4.78 is 7.49. The molecular weight excluding hydrogens is 310 g/mol. The van der Waals surface area contributed by atoms with E-state index in [9.17, 15) is 0 Å². The lowest BCUT2D eigenvalue weighted by atomic mass is 9.88. The fourth-order valence-corrected chi connectivity index (χ4v) is 5.09. The van der Waals surface area contributed by atoms with Gasteiger partial charge in [-0.15, -0.1) is 0 Å². The van der Waals surface area contributed by atoms with Gasteiger partial charge in [0.25, 0.3) is 0 Å². The highest BCUT2D eigenvalue weighted by atomic mass is 16.5. The zero-order valence-electron chi connectivity index (χ0n) is 15.6. The second-order valence-corrected chi connectivity index (χ2v) is 8.19. The number of ether oxygens (including phenoxy) is 1. The summed E-state index contributed by atoms with van der Waals surface area (Å²) in [5.41, 5.74) is 1.26. The molecule has 2 aliphatic rings. The van der Waals surface area contributed by atoms with Gasteiger partial charge in [-0.2, -0.15) is 5.10 Å². The molecule has 0 radical (unpaired) electrons. The molecule has 2 aliphatic heterocycles.